The highest BCUT2D eigenvalue weighted by Crippen LogP contribution is 2.22. The molecule has 0 saturated heterocycles. The zero-order valence-corrected chi connectivity index (χ0v) is 9.74. The van der Waals surface area contributed by atoms with Crippen LogP contribution in [0.15, 0.2) is 36.4 Å². The van der Waals surface area contributed by atoms with Crippen LogP contribution in [-0.2, 0) is 0 Å². The van der Waals surface area contributed by atoms with Gasteiger partial charge in [-0.25, -0.2) is 9.37 Å². The molecule has 1 aromatic carbocycles. The predicted octanol–water partition coefficient (Wildman–Crippen LogP) is 2.88. The molecule has 2 N–H and O–H groups in total. The van der Waals surface area contributed by atoms with Crippen LogP contribution in [0.2, 0.25) is 0 Å². The Morgan fingerprint density at radius 3 is 2.61 bits per heavy atom. The van der Waals surface area contributed by atoms with Crippen molar-refractivity contribution in [1.29, 1.82) is 5.26 Å². The molecule has 0 fully saturated rings. The molecule has 2 aromatic rings. The van der Waals surface area contributed by atoms with Crippen molar-refractivity contribution in [2.24, 2.45) is 0 Å². The molecule has 0 amide bonds. The fourth-order valence-electron chi connectivity index (χ4n) is 1.52. The van der Waals surface area contributed by atoms with Crippen LogP contribution in [0.4, 0.5) is 21.7 Å². The molecule has 5 heteroatoms. The van der Waals surface area contributed by atoms with Crippen molar-refractivity contribution in [2.75, 3.05) is 17.7 Å². The SMILES string of the molecule is CNc1cccc(Nc2cccc(F)c2C#N)n1. The van der Waals surface area contributed by atoms with Gasteiger partial charge >= 0.3 is 0 Å². The van der Waals surface area contributed by atoms with Crippen molar-refractivity contribution in [3.8, 4) is 6.07 Å². The maximum atomic E-state index is 13.4. The number of nitrogens with one attached hydrogen (secondary N) is 2. The van der Waals surface area contributed by atoms with Gasteiger partial charge < -0.3 is 10.6 Å². The minimum atomic E-state index is -0.549. The number of hydrogen-bond donors (Lipinski definition) is 2. The van der Waals surface area contributed by atoms with Crippen LogP contribution in [0, 0.1) is 17.1 Å². The molecule has 0 radical (unpaired) electrons. The van der Waals surface area contributed by atoms with Gasteiger partial charge in [0, 0.05) is 7.05 Å². The first-order valence-corrected chi connectivity index (χ1v) is 5.35. The predicted molar refractivity (Wildman–Crippen MR) is 68.2 cm³/mol. The number of anilines is 3. The Bertz CT molecular complexity index is 604. The lowest BCUT2D eigenvalue weighted by Crippen LogP contribution is -2.00. The van der Waals surface area contributed by atoms with Crippen LogP contribution in [-0.4, -0.2) is 12.0 Å². The van der Waals surface area contributed by atoms with E-state index in [9.17, 15) is 4.39 Å². The number of rotatable bonds is 3. The van der Waals surface area contributed by atoms with Crippen LogP contribution in [0.1, 0.15) is 5.56 Å². The molecule has 90 valence electrons. The maximum Gasteiger partial charge on any atom is 0.143 e. The van der Waals surface area contributed by atoms with E-state index in [1.165, 1.54) is 6.07 Å². The van der Waals surface area contributed by atoms with E-state index in [0.717, 1.165) is 0 Å². The van der Waals surface area contributed by atoms with E-state index in [1.54, 1.807) is 25.2 Å². The topological polar surface area (TPSA) is 60.7 Å². The van der Waals surface area contributed by atoms with Crippen molar-refractivity contribution >= 4 is 17.3 Å². The number of halogens is 1. The summed E-state index contributed by atoms with van der Waals surface area (Å²) in [6, 6.07) is 11.6. The first-order valence-electron chi connectivity index (χ1n) is 5.35. The van der Waals surface area contributed by atoms with Gasteiger partial charge in [-0.1, -0.05) is 12.1 Å². The molecule has 0 aliphatic rings. The summed E-state index contributed by atoms with van der Waals surface area (Å²) in [7, 11) is 1.76. The Balaban J connectivity index is 2.34. The lowest BCUT2D eigenvalue weighted by Gasteiger charge is -2.09. The van der Waals surface area contributed by atoms with Crippen LogP contribution in [0.5, 0.6) is 0 Å². The van der Waals surface area contributed by atoms with Crippen molar-refractivity contribution in [3.05, 3.63) is 47.8 Å². The molecule has 18 heavy (non-hydrogen) atoms. The Morgan fingerprint density at radius 2 is 1.89 bits per heavy atom. The van der Waals surface area contributed by atoms with E-state index >= 15 is 0 Å². The van der Waals surface area contributed by atoms with Crippen molar-refractivity contribution in [1.82, 2.24) is 4.98 Å². The summed E-state index contributed by atoms with van der Waals surface area (Å²) in [5.41, 5.74) is 0.382. The second-order valence-electron chi connectivity index (χ2n) is 3.56. The number of pyridine rings is 1. The average Bonchev–Trinajstić information content (AvgIpc) is 2.39. The van der Waals surface area contributed by atoms with E-state index < -0.39 is 5.82 Å². The Morgan fingerprint density at radius 1 is 1.17 bits per heavy atom. The largest absolute Gasteiger partial charge is 0.373 e. The highest BCUT2D eigenvalue weighted by atomic mass is 19.1. The first-order chi connectivity index (χ1) is 8.74. The summed E-state index contributed by atoms with van der Waals surface area (Å²) in [6.45, 7) is 0. The van der Waals surface area contributed by atoms with Gasteiger partial charge in [-0.2, -0.15) is 5.26 Å². The van der Waals surface area contributed by atoms with Crippen LogP contribution >= 0.6 is 0 Å². The number of nitrogens with zero attached hydrogens (tertiary/aromatic N) is 2. The van der Waals surface area contributed by atoms with Crippen molar-refractivity contribution < 1.29 is 4.39 Å². The van der Waals surface area contributed by atoms with Crippen LogP contribution in [0.3, 0.4) is 0 Å². The summed E-state index contributed by atoms with van der Waals surface area (Å²) in [4.78, 5) is 4.24. The minimum absolute atomic E-state index is 0.0193. The smallest absolute Gasteiger partial charge is 0.143 e. The van der Waals surface area contributed by atoms with Gasteiger partial charge in [0.05, 0.1) is 5.69 Å². The molecule has 0 atom stereocenters. The Kier molecular flexibility index (Phi) is 3.39. The molecular formula is C13H11FN4. The minimum Gasteiger partial charge on any atom is -0.373 e. The molecule has 0 aliphatic carbocycles. The number of nitriles is 1. The third-order valence-corrected chi connectivity index (χ3v) is 2.39. The summed E-state index contributed by atoms with van der Waals surface area (Å²) >= 11 is 0. The quantitative estimate of drug-likeness (QED) is 0.868. The molecule has 0 unspecified atom stereocenters. The van der Waals surface area contributed by atoms with Gasteiger partial charge in [0.25, 0.3) is 0 Å². The highest BCUT2D eigenvalue weighted by Gasteiger charge is 2.08. The second kappa shape index (κ2) is 5.15. The Labute approximate surface area is 104 Å². The van der Waals surface area contributed by atoms with Crippen LogP contribution < -0.4 is 10.6 Å². The zero-order valence-electron chi connectivity index (χ0n) is 9.74. The van der Waals surface area contributed by atoms with Gasteiger partial charge in [-0.15, -0.1) is 0 Å². The van der Waals surface area contributed by atoms with E-state index in [1.807, 2.05) is 18.2 Å². The first kappa shape index (κ1) is 11.9. The Hall–Kier alpha value is -2.61. The number of hydrogen-bond acceptors (Lipinski definition) is 4. The van der Waals surface area contributed by atoms with Crippen LogP contribution in [0.25, 0.3) is 0 Å². The van der Waals surface area contributed by atoms with E-state index in [4.69, 9.17) is 5.26 Å². The number of aromatic nitrogens is 1. The lowest BCUT2D eigenvalue weighted by atomic mass is 10.2. The number of benzene rings is 1. The van der Waals surface area contributed by atoms with Crippen molar-refractivity contribution in [2.45, 2.75) is 0 Å². The van der Waals surface area contributed by atoms with Gasteiger partial charge in [-0.3, -0.25) is 0 Å². The summed E-state index contributed by atoms with van der Waals surface area (Å²) in [5, 5.41) is 14.7. The highest BCUT2D eigenvalue weighted by molar-refractivity contribution is 5.65. The maximum absolute atomic E-state index is 13.4. The van der Waals surface area contributed by atoms with Gasteiger partial charge in [-0.05, 0) is 24.3 Å². The molecular weight excluding hydrogens is 231 g/mol. The molecule has 1 heterocycles. The fraction of sp³-hybridized carbons (Fsp3) is 0.0769. The average molecular weight is 242 g/mol. The molecule has 2 rings (SSSR count). The fourth-order valence-corrected chi connectivity index (χ4v) is 1.52. The molecule has 0 spiro atoms. The van der Waals surface area contributed by atoms with E-state index in [-0.39, 0.29) is 5.56 Å². The van der Waals surface area contributed by atoms with Crippen molar-refractivity contribution in [3.63, 3.8) is 0 Å². The van der Waals surface area contributed by atoms with Gasteiger partial charge in [0.2, 0.25) is 0 Å². The lowest BCUT2D eigenvalue weighted by molar-refractivity contribution is 0.624. The third-order valence-electron chi connectivity index (χ3n) is 2.39. The van der Waals surface area contributed by atoms with E-state index in [2.05, 4.69) is 15.6 Å². The molecule has 4 nitrogen and oxygen atoms in total. The molecule has 0 saturated carbocycles. The second-order valence-corrected chi connectivity index (χ2v) is 3.56. The van der Waals surface area contributed by atoms with E-state index in [0.29, 0.717) is 17.3 Å². The molecule has 0 aliphatic heterocycles. The normalized spacial score (nSPS) is 9.61. The monoisotopic (exact) mass is 242 g/mol. The molecule has 1 aromatic heterocycles. The standard InChI is InChI=1S/C13H11FN4/c1-16-12-6-3-7-13(18-12)17-11-5-2-4-10(14)9(11)8-15/h2-7H,1H3,(H2,16,17,18). The summed E-state index contributed by atoms with van der Waals surface area (Å²) in [6.07, 6.45) is 0. The van der Waals surface area contributed by atoms with Gasteiger partial charge in [0.15, 0.2) is 0 Å². The molecule has 0 bridgehead atoms. The zero-order chi connectivity index (χ0) is 13.0. The summed E-state index contributed by atoms with van der Waals surface area (Å²) < 4.78 is 13.4. The van der Waals surface area contributed by atoms with Gasteiger partial charge in [0.1, 0.15) is 29.1 Å². The summed E-state index contributed by atoms with van der Waals surface area (Å²) in [5.74, 6) is 0.686. The third kappa shape index (κ3) is 2.38.